The third kappa shape index (κ3) is 3.27. The number of nitrogens with zero attached hydrogens (tertiary/aromatic N) is 3. The molecule has 0 bridgehead atoms. The number of hydrogen-bond acceptors (Lipinski definition) is 5. The Morgan fingerprint density at radius 1 is 1.09 bits per heavy atom. The standard InChI is InChI=1S/C17H20N4O2/c1-12(17-20-19-16-6-4-5-7-21(16)17)18-11-13-8-14(22-2)10-15(9-13)23-3/h4-10,12,18H,11H2,1-3H3/t12-/m0/s1. The van der Waals surface area contributed by atoms with Gasteiger partial charge >= 0.3 is 0 Å². The van der Waals surface area contributed by atoms with Gasteiger partial charge in [-0.05, 0) is 36.8 Å². The summed E-state index contributed by atoms with van der Waals surface area (Å²) in [5.74, 6) is 2.44. The van der Waals surface area contributed by atoms with Crippen molar-refractivity contribution in [1.82, 2.24) is 19.9 Å². The van der Waals surface area contributed by atoms with Crippen molar-refractivity contribution in [2.24, 2.45) is 0 Å². The quantitative estimate of drug-likeness (QED) is 0.758. The maximum atomic E-state index is 5.30. The normalized spacial score (nSPS) is 12.3. The van der Waals surface area contributed by atoms with Gasteiger partial charge in [0.15, 0.2) is 11.5 Å². The first-order chi connectivity index (χ1) is 11.2. The molecule has 120 valence electrons. The molecule has 23 heavy (non-hydrogen) atoms. The van der Waals surface area contributed by atoms with Crippen LogP contribution < -0.4 is 14.8 Å². The molecule has 3 aromatic rings. The highest BCUT2D eigenvalue weighted by Crippen LogP contribution is 2.23. The van der Waals surface area contributed by atoms with E-state index >= 15 is 0 Å². The van der Waals surface area contributed by atoms with E-state index in [1.807, 2.05) is 47.0 Å². The lowest BCUT2D eigenvalue weighted by Gasteiger charge is -2.14. The van der Waals surface area contributed by atoms with Crippen molar-refractivity contribution >= 4 is 5.65 Å². The summed E-state index contributed by atoms with van der Waals surface area (Å²) >= 11 is 0. The maximum absolute atomic E-state index is 5.30. The molecule has 6 heteroatoms. The largest absolute Gasteiger partial charge is 0.497 e. The molecule has 0 aliphatic heterocycles. The molecule has 0 amide bonds. The molecule has 3 rings (SSSR count). The summed E-state index contributed by atoms with van der Waals surface area (Å²) < 4.78 is 12.6. The van der Waals surface area contributed by atoms with E-state index in [2.05, 4.69) is 22.4 Å². The van der Waals surface area contributed by atoms with Gasteiger partial charge in [-0.15, -0.1) is 10.2 Å². The Hall–Kier alpha value is -2.60. The Morgan fingerprint density at radius 3 is 2.52 bits per heavy atom. The maximum Gasteiger partial charge on any atom is 0.160 e. The van der Waals surface area contributed by atoms with Gasteiger partial charge in [0.2, 0.25) is 0 Å². The van der Waals surface area contributed by atoms with Gasteiger partial charge in [-0.25, -0.2) is 0 Å². The Labute approximate surface area is 135 Å². The van der Waals surface area contributed by atoms with Crippen molar-refractivity contribution in [2.75, 3.05) is 14.2 Å². The van der Waals surface area contributed by atoms with E-state index in [0.29, 0.717) is 6.54 Å². The van der Waals surface area contributed by atoms with Crippen LogP contribution >= 0.6 is 0 Å². The van der Waals surface area contributed by atoms with E-state index < -0.39 is 0 Å². The Kier molecular flexibility index (Phi) is 4.43. The minimum atomic E-state index is 0.0598. The summed E-state index contributed by atoms with van der Waals surface area (Å²) in [6.45, 7) is 2.75. The van der Waals surface area contributed by atoms with Crippen LogP contribution in [-0.4, -0.2) is 28.8 Å². The van der Waals surface area contributed by atoms with E-state index in [1.54, 1.807) is 14.2 Å². The van der Waals surface area contributed by atoms with Crippen LogP contribution in [0.15, 0.2) is 42.6 Å². The van der Waals surface area contributed by atoms with Crippen LogP contribution in [0, 0.1) is 0 Å². The molecule has 0 saturated heterocycles. The Morgan fingerprint density at radius 2 is 1.83 bits per heavy atom. The molecule has 1 aromatic carbocycles. The first-order valence-electron chi connectivity index (χ1n) is 7.46. The molecule has 0 aliphatic rings. The molecule has 0 radical (unpaired) electrons. The van der Waals surface area contributed by atoms with E-state index in [1.165, 1.54) is 0 Å². The minimum absolute atomic E-state index is 0.0598. The second-order valence-corrected chi connectivity index (χ2v) is 5.31. The van der Waals surface area contributed by atoms with Crippen LogP contribution in [0.1, 0.15) is 24.4 Å². The zero-order valence-corrected chi connectivity index (χ0v) is 13.5. The average Bonchev–Trinajstić information content (AvgIpc) is 3.03. The minimum Gasteiger partial charge on any atom is -0.497 e. The van der Waals surface area contributed by atoms with Crippen LogP contribution in [0.25, 0.3) is 5.65 Å². The number of nitrogens with one attached hydrogen (secondary N) is 1. The number of aromatic nitrogens is 3. The average molecular weight is 312 g/mol. The summed E-state index contributed by atoms with van der Waals surface area (Å²) in [4.78, 5) is 0. The third-order valence-corrected chi connectivity index (χ3v) is 3.75. The van der Waals surface area contributed by atoms with Crippen molar-refractivity contribution < 1.29 is 9.47 Å². The predicted octanol–water partition coefficient (Wildman–Crippen LogP) is 2.60. The predicted molar refractivity (Wildman–Crippen MR) is 87.8 cm³/mol. The molecule has 0 fully saturated rings. The second-order valence-electron chi connectivity index (χ2n) is 5.31. The molecule has 0 saturated carbocycles. The summed E-state index contributed by atoms with van der Waals surface area (Å²) in [6.07, 6.45) is 1.97. The first kappa shape index (κ1) is 15.3. The summed E-state index contributed by atoms with van der Waals surface area (Å²) in [5, 5.41) is 11.9. The van der Waals surface area contributed by atoms with Gasteiger partial charge in [-0.2, -0.15) is 0 Å². The Bertz CT molecular complexity index is 778. The zero-order valence-electron chi connectivity index (χ0n) is 13.5. The molecule has 0 unspecified atom stereocenters. The van der Waals surface area contributed by atoms with Gasteiger partial charge in [-0.1, -0.05) is 6.07 Å². The van der Waals surface area contributed by atoms with Crippen LogP contribution in [0.5, 0.6) is 11.5 Å². The van der Waals surface area contributed by atoms with E-state index in [9.17, 15) is 0 Å². The highest BCUT2D eigenvalue weighted by atomic mass is 16.5. The first-order valence-corrected chi connectivity index (χ1v) is 7.46. The number of rotatable bonds is 6. The number of hydrogen-bond donors (Lipinski definition) is 1. The smallest absolute Gasteiger partial charge is 0.160 e. The zero-order chi connectivity index (χ0) is 16.2. The van der Waals surface area contributed by atoms with Crippen LogP contribution in [0.3, 0.4) is 0 Å². The number of fused-ring (bicyclic) bond motifs is 1. The van der Waals surface area contributed by atoms with E-state index in [4.69, 9.17) is 9.47 Å². The third-order valence-electron chi connectivity index (χ3n) is 3.75. The number of ether oxygens (including phenoxy) is 2. The van der Waals surface area contributed by atoms with Gasteiger partial charge in [0.05, 0.1) is 20.3 Å². The fourth-order valence-electron chi connectivity index (χ4n) is 2.49. The number of benzene rings is 1. The lowest BCUT2D eigenvalue weighted by atomic mass is 10.2. The molecular weight excluding hydrogens is 292 g/mol. The fraction of sp³-hybridized carbons (Fsp3) is 0.294. The van der Waals surface area contributed by atoms with Gasteiger partial charge < -0.3 is 14.8 Å². The topological polar surface area (TPSA) is 60.7 Å². The summed E-state index contributed by atoms with van der Waals surface area (Å²) in [6, 6.07) is 11.8. The van der Waals surface area contributed by atoms with Gasteiger partial charge in [0.1, 0.15) is 11.5 Å². The van der Waals surface area contributed by atoms with Gasteiger partial charge in [-0.3, -0.25) is 4.40 Å². The Balaban J connectivity index is 1.75. The molecule has 2 heterocycles. The monoisotopic (exact) mass is 312 g/mol. The molecular formula is C17H20N4O2. The highest BCUT2D eigenvalue weighted by molar-refractivity contribution is 5.39. The molecule has 6 nitrogen and oxygen atoms in total. The number of methoxy groups -OCH3 is 2. The van der Waals surface area contributed by atoms with Crippen LogP contribution in [-0.2, 0) is 6.54 Å². The van der Waals surface area contributed by atoms with Crippen LogP contribution in [0.4, 0.5) is 0 Å². The molecule has 2 aromatic heterocycles. The van der Waals surface area contributed by atoms with Crippen molar-refractivity contribution in [3.8, 4) is 11.5 Å². The molecule has 1 N–H and O–H groups in total. The highest BCUT2D eigenvalue weighted by Gasteiger charge is 2.13. The second kappa shape index (κ2) is 6.66. The van der Waals surface area contributed by atoms with E-state index in [-0.39, 0.29) is 6.04 Å². The van der Waals surface area contributed by atoms with Gasteiger partial charge in [0.25, 0.3) is 0 Å². The van der Waals surface area contributed by atoms with Crippen molar-refractivity contribution in [3.05, 3.63) is 54.0 Å². The van der Waals surface area contributed by atoms with Gasteiger partial charge in [0, 0.05) is 18.8 Å². The van der Waals surface area contributed by atoms with E-state index in [0.717, 1.165) is 28.5 Å². The SMILES string of the molecule is COc1cc(CN[C@@H](C)c2nnc3ccccn23)cc(OC)c1. The molecule has 0 aliphatic carbocycles. The van der Waals surface area contributed by atoms with Crippen molar-refractivity contribution in [2.45, 2.75) is 19.5 Å². The fourth-order valence-corrected chi connectivity index (χ4v) is 2.49. The summed E-state index contributed by atoms with van der Waals surface area (Å²) in [7, 11) is 3.30. The van der Waals surface area contributed by atoms with Crippen molar-refractivity contribution in [1.29, 1.82) is 0 Å². The summed E-state index contributed by atoms with van der Waals surface area (Å²) in [5.41, 5.74) is 1.93. The molecule has 0 spiro atoms. The molecule has 1 atom stereocenters. The van der Waals surface area contributed by atoms with Crippen LogP contribution in [0.2, 0.25) is 0 Å². The van der Waals surface area contributed by atoms with Crippen molar-refractivity contribution in [3.63, 3.8) is 0 Å². The lowest BCUT2D eigenvalue weighted by Crippen LogP contribution is -2.20. The lowest BCUT2D eigenvalue weighted by molar-refractivity contribution is 0.392. The number of pyridine rings is 1.